The highest BCUT2D eigenvalue weighted by Crippen LogP contribution is 2.35. The molecular formula is C26H29NO4S. The number of thiophene rings is 1. The van der Waals surface area contributed by atoms with Crippen molar-refractivity contribution in [3.05, 3.63) is 63.9 Å². The average molecular weight is 452 g/mol. The summed E-state index contributed by atoms with van der Waals surface area (Å²) >= 11 is 1.65. The Kier molecular flexibility index (Phi) is 7.10. The number of carbonyl (C=O) groups is 1. The highest BCUT2D eigenvalue weighted by atomic mass is 32.1. The summed E-state index contributed by atoms with van der Waals surface area (Å²) in [6.45, 7) is 6.82. The number of hydrogen-bond donors (Lipinski definition) is 0. The van der Waals surface area contributed by atoms with E-state index >= 15 is 0 Å². The zero-order valence-electron chi connectivity index (χ0n) is 18.9. The van der Waals surface area contributed by atoms with Crippen molar-refractivity contribution in [3.63, 3.8) is 0 Å². The quantitative estimate of drug-likeness (QED) is 0.357. The summed E-state index contributed by atoms with van der Waals surface area (Å²) in [5, 5.41) is 2.10. The first-order chi connectivity index (χ1) is 15.5. The van der Waals surface area contributed by atoms with Crippen LogP contribution in [0.3, 0.4) is 0 Å². The molecule has 2 aromatic heterocycles. The fourth-order valence-electron chi connectivity index (χ4n) is 4.03. The number of allylic oxidation sites excluding steroid dienone is 2. The predicted molar refractivity (Wildman–Crippen MR) is 127 cm³/mol. The molecule has 0 N–H and O–H groups in total. The molecule has 0 saturated heterocycles. The Labute approximate surface area is 193 Å². The molecule has 5 nitrogen and oxygen atoms in total. The van der Waals surface area contributed by atoms with Crippen LogP contribution in [0.2, 0.25) is 0 Å². The summed E-state index contributed by atoms with van der Waals surface area (Å²) in [5.74, 6) is 2.30. The van der Waals surface area contributed by atoms with E-state index in [1.54, 1.807) is 11.3 Å². The number of oxazole rings is 1. The van der Waals surface area contributed by atoms with Crippen molar-refractivity contribution in [2.45, 2.75) is 52.9 Å². The standard InChI is InChI=1S/C26H29NO4S/c1-4-29-25(28)12-11-19-7-5-9-21-20(19)8-6-10-23(21)30-14-13-22-18(3)31-26(27-22)24-15-17(2)16-32-24/h6-8,10,15-16H,4-5,9,11-14H2,1-3H3. The minimum Gasteiger partial charge on any atom is -0.493 e. The molecule has 0 fully saturated rings. The van der Waals surface area contributed by atoms with Crippen molar-refractivity contribution in [2.24, 2.45) is 0 Å². The van der Waals surface area contributed by atoms with Crippen molar-refractivity contribution in [1.29, 1.82) is 0 Å². The molecule has 1 aliphatic rings. The summed E-state index contributed by atoms with van der Waals surface area (Å²) in [5.41, 5.74) is 5.76. The molecule has 3 aromatic rings. The Morgan fingerprint density at radius 2 is 2.12 bits per heavy atom. The number of rotatable bonds is 9. The van der Waals surface area contributed by atoms with Crippen LogP contribution in [-0.2, 0) is 22.4 Å². The summed E-state index contributed by atoms with van der Waals surface area (Å²) in [6, 6.07) is 8.27. The molecule has 6 heteroatoms. The molecule has 0 amide bonds. The first-order valence-electron chi connectivity index (χ1n) is 11.2. The lowest BCUT2D eigenvalue weighted by molar-refractivity contribution is -0.142. The molecule has 1 aromatic carbocycles. The average Bonchev–Trinajstić information content (AvgIpc) is 3.38. The summed E-state index contributed by atoms with van der Waals surface area (Å²) in [4.78, 5) is 17.5. The molecule has 0 atom stereocenters. The number of ether oxygens (including phenoxy) is 2. The van der Waals surface area contributed by atoms with Crippen LogP contribution in [0.4, 0.5) is 0 Å². The smallest absolute Gasteiger partial charge is 0.306 e. The molecule has 1 aliphatic carbocycles. The monoisotopic (exact) mass is 451 g/mol. The third-order valence-electron chi connectivity index (χ3n) is 5.60. The van der Waals surface area contributed by atoms with E-state index in [2.05, 4.69) is 30.5 Å². The summed E-state index contributed by atoms with van der Waals surface area (Å²) in [6.07, 6.45) is 5.92. The van der Waals surface area contributed by atoms with Crippen molar-refractivity contribution in [2.75, 3.05) is 13.2 Å². The number of aryl methyl sites for hydroxylation is 2. The van der Waals surface area contributed by atoms with Crippen molar-refractivity contribution >= 4 is 22.9 Å². The van der Waals surface area contributed by atoms with Gasteiger partial charge in [0.25, 0.3) is 0 Å². The minimum absolute atomic E-state index is 0.145. The Morgan fingerprint density at radius 3 is 2.91 bits per heavy atom. The summed E-state index contributed by atoms with van der Waals surface area (Å²) < 4.78 is 17.2. The molecule has 32 heavy (non-hydrogen) atoms. The van der Waals surface area contributed by atoms with Crippen LogP contribution in [-0.4, -0.2) is 24.2 Å². The molecule has 2 heterocycles. The van der Waals surface area contributed by atoms with E-state index in [4.69, 9.17) is 18.9 Å². The van der Waals surface area contributed by atoms with E-state index in [9.17, 15) is 4.79 Å². The van der Waals surface area contributed by atoms with Gasteiger partial charge in [-0.25, -0.2) is 4.98 Å². The first-order valence-corrected chi connectivity index (χ1v) is 12.0. The van der Waals surface area contributed by atoms with Crippen LogP contribution in [0.5, 0.6) is 5.75 Å². The molecule has 0 unspecified atom stereocenters. The van der Waals surface area contributed by atoms with Crippen LogP contribution in [0.1, 0.15) is 54.3 Å². The van der Waals surface area contributed by atoms with Crippen molar-refractivity contribution in [1.82, 2.24) is 4.98 Å². The van der Waals surface area contributed by atoms with Crippen molar-refractivity contribution < 1.29 is 18.7 Å². The first kappa shape index (κ1) is 22.3. The van der Waals surface area contributed by atoms with Gasteiger partial charge in [-0.3, -0.25) is 4.79 Å². The zero-order valence-corrected chi connectivity index (χ0v) is 19.7. The minimum atomic E-state index is -0.145. The number of carbonyl (C=O) groups excluding carboxylic acids is 1. The summed E-state index contributed by atoms with van der Waals surface area (Å²) in [7, 11) is 0. The van der Waals surface area contributed by atoms with Gasteiger partial charge in [-0.15, -0.1) is 11.3 Å². The lowest BCUT2D eigenvalue weighted by atomic mass is 9.88. The molecule has 0 aliphatic heterocycles. The van der Waals surface area contributed by atoms with Crippen LogP contribution in [0, 0.1) is 13.8 Å². The highest BCUT2D eigenvalue weighted by Gasteiger charge is 2.18. The molecule has 0 bridgehead atoms. The molecule has 4 rings (SSSR count). The van der Waals surface area contributed by atoms with E-state index in [1.807, 2.05) is 26.0 Å². The topological polar surface area (TPSA) is 61.6 Å². The van der Waals surface area contributed by atoms with Gasteiger partial charge in [0, 0.05) is 18.4 Å². The van der Waals surface area contributed by atoms with E-state index < -0.39 is 0 Å². The van der Waals surface area contributed by atoms with Crippen LogP contribution in [0.15, 0.2) is 40.1 Å². The van der Waals surface area contributed by atoms with E-state index in [0.717, 1.165) is 34.9 Å². The van der Waals surface area contributed by atoms with Gasteiger partial charge in [0.1, 0.15) is 11.5 Å². The molecule has 168 valence electrons. The number of fused-ring (bicyclic) bond motifs is 1. The molecule has 0 radical (unpaired) electrons. The number of aromatic nitrogens is 1. The SMILES string of the molecule is CCOC(=O)CCC1=CCCc2c(OCCc3nc(-c4cc(C)cs4)oc3C)cccc21. The Balaban J connectivity index is 1.40. The second kappa shape index (κ2) is 10.2. The van der Waals surface area contributed by atoms with E-state index in [1.165, 1.54) is 22.3 Å². The molecule has 0 saturated carbocycles. The van der Waals surface area contributed by atoms with Crippen LogP contribution < -0.4 is 4.74 Å². The Bertz CT molecular complexity index is 1120. The lowest BCUT2D eigenvalue weighted by Crippen LogP contribution is -2.09. The van der Waals surface area contributed by atoms with Gasteiger partial charge in [-0.2, -0.15) is 0 Å². The van der Waals surface area contributed by atoms with Crippen LogP contribution in [0.25, 0.3) is 16.3 Å². The zero-order chi connectivity index (χ0) is 22.5. The fourth-order valence-corrected chi connectivity index (χ4v) is 4.86. The third kappa shape index (κ3) is 5.13. The number of nitrogens with zero attached hydrogens (tertiary/aromatic N) is 1. The number of benzene rings is 1. The van der Waals surface area contributed by atoms with E-state index in [-0.39, 0.29) is 5.97 Å². The fraction of sp³-hybridized carbons (Fsp3) is 0.385. The van der Waals surface area contributed by atoms with E-state index in [0.29, 0.717) is 38.4 Å². The van der Waals surface area contributed by atoms with Gasteiger partial charge in [0.05, 0.1) is 23.8 Å². The maximum absolute atomic E-state index is 11.8. The molecule has 0 spiro atoms. The predicted octanol–water partition coefficient (Wildman–Crippen LogP) is 6.31. The van der Waals surface area contributed by atoms with Gasteiger partial charge in [-0.1, -0.05) is 18.2 Å². The number of hydrogen-bond acceptors (Lipinski definition) is 6. The van der Waals surface area contributed by atoms with Gasteiger partial charge >= 0.3 is 5.97 Å². The second-order valence-corrected chi connectivity index (χ2v) is 8.88. The number of esters is 1. The Hall–Kier alpha value is -2.86. The normalized spacial score (nSPS) is 12.9. The van der Waals surface area contributed by atoms with Gasteiger partial charge < -0.3 is 13.9 Å². The van der Waals surface area contributed by atoms with Gasteiger partial charge in [0.2, 0.25) is 5.89 Å². The van der Waals surface area contributed by atoms with Gasteiger partial charge in [-0.05, 0) is 74.2 Å². The highest BCUT2D eigenvalue weighted by molar-refractivity contribution is 7.13. The lowest BCUT2D eigenvalue weighted by Gasteiger charge is -2.21. The third-order valence-corrected chi connectivity index (χ3v) is 6.63. The maximum atomic E-state index is 11.8. The second-order valence-electron chi connectivity index (χ2n) is 7.96. The van der Waals surface area contributed by atoms with Crippen LogP contribution >= 0.6 is 11.3 Å². The largest absolute Gasteiger partial charge is 0.493 e. The molecular weight excluding hydrogens is 422 g/mol. The Morgan fingerprint density at radius 1 is 1.25 bits per heavy atom. The van der Waals surface area contributed by atoms with Gasteiger partial charge in [0.15, 0.2) is 0 Å². The maximum Gasteiger partial charge on any atom is 0.306 e. The van der Waals surface area contributed by atoms with Crippen molar-refractivity contribution in [3.8, 4) is 16.5 Å².